The maximum atomic E-state index is 12.2. The van der Waals surface area contributed by atoms with E-state index in [1.165, 1.54) is 12.1 Å². The number of nitro benzene ring substituents is 1. The van der Waals surface area contributed by atoms with Gasteiger partial charge >= 0.3 is 0 Å². The molecule has 0 unspecified atom stereocenters. The van der Waals surface area contributed by atoms with Crippen LogP contribution in [-0.4, -0.2) is 19.9 Å². The molecule has 0 heterocycles. The number of benzene rings is 2. The summed E-state index contributed by atoms with van der Waals surface area (Å²) in [4.78, 5) is 9.94. The Hall–Kier alpha value is -1.96. The SMILES string of the molecule is O=[N+]([O-])c1cc(S(=O)(=O)NCCCc2ccccc2)ccc1Cl. The van der Waals surface area contributed by atoms with Crippen LogP contribution in [0.1, 0.15) is 12.0 Å². The summed E-state index contributed by atoms with van der Waals surface area (Å²) in [5.74, 6) is 0. The topological polar surface area (TPSA) is 89.3 Å². The van der Waals surface area contributed by atoms with E-state index in [-0.39, 0.29) is 16.5 Å². The zero-order chi connectivity index (χ0) is 16.9. The molecule has 0 atom stereocenters. The molecule has 0 amide bonds. The van der Waals surface area contributed by atoms with Gasteiger partial charge in [-0.05, 0) is 30.5 Å². The average molecular weight is 355 g/mol. The molecule has 0 spiro atoms. The molecule has 0 saturated heterocycles. The summed E-state index contributed by atoms with van der Waals surface area (Å²) in [6.45, 7) is 0.244. The molecule has 1 N–H and O–H groups in total. The summed E-state index contributed by atoms with van der Waals surface area (Å²) < 4.78 is 26.7. The van der Waals surface area contributed by atoms with E-state index < -0.39 is 20.6 Å². The molecule has 0 bridgehead atoms. The van der Waals surface area contributed by atoms with Crippen LogP contribution in [0.3, 0.4) is 0 Å². The molecule has 0 aromatic heterocycles. The summed E-state index contributed by atoms with van der Waals surface area (Å²) >= 11 is 5.68. The van der Waals surface area contributed by atoms with Gasteiger partial charge in [-0.15, -0.1) is 0 Å². The van der Waals surface area contributed by atoms with Crippen LogP contribution in [0.5, 0.6) is 0 Å². The number of nitrogens with zero attached hydrogens (tertiary/aromatic N) is 1. The Morgan fingerprint density at radius 3 is 2.48 bits per heavy atom. The third-order valence-electron chi connectivity index (χ3n) is 3.20. The zero-order valence-electron chi connectivity index (χ0n) is 12.1. The minimum absolute atomic E-state index is 0.0990. The fourth-order valence-electron chi connectivity index (χ4n) is 2.03. The van der Waals surface area contributed by atoms with Gasteiger partial charge in [0, 0.05) is 12.6 Å². The van der Waals surface area contributed by atoms with E-state index >= 15 is 0 Å². The second-order valence-electron chi connectivity index (χ2n) is 4.86. The highest BCUT2D eigenvalue weighted by Crippen LogP contribution is 2.26. The minimum Gasteiger partial charge on any atom is -0.258 e. The summed E-state index contributed by atoms with van der Waals surface area (Å²) in [7, 11) is -3.80. The predicted molar refractivity (Wildman–Crippen MR) is 88.1 cm³/mol. The first kappa shape index (κ1) is 17.4. The molecule has 2 aromatic rings. The highest BCUT2D eigenvalue weighted by molar-refractivity contribution is 7.89. The standard InChI is InChI=1S/C15H15ClN2O4S/c16-14-9-8-13(11-15(14)18(19)20)23(21,22)17-10-4-7-12-5-2-1-3-6-12/h1-3,5-6,8-9,11,17H,4,7,10H2. The van der Waals surface area contributed by atoms with Crippen molar-refractivity contribution in [1.82, 2.24) is 4.72 Å². The lowest BCUT2D eigenvalue weighted by atomic mass is 10.1. The summed E-state index contributed by atoms with van der Waals surface area (Å²) in [5, 5.41) is 10.7. The van der Waals surface area contributed by atoms with Crippen molar-refractivity contribution in [2.45, 2.75) is 17.7 Å². The molecular formula is C15H15ClN2O4S. The van der Waals surface area contributed by atoms with Crippen molar-refractivity contribution >= 4 is 27.3 Å². The second kappa shape index (κ2) is 7.54. The Kier molecular flexibility index (Phi) is 5.70. The molecule has 0 saturated carbocycles. The van der Waals surface area contributed by atoms with Crippen molar-refractivity contribution in [2.24, 2.45) is 0 Å². The molecule has 122 valence electrons. The molecular weight excluding hydrogens is 340 g/mol. The van der Waals surface area contributed by atoms with Crippen molar-refractivity contribution in [1.29, 1.82) is 0 Å². The van der Waals surface area contributed by atoms with Gasteiger partial charge in [-0.2, -0.15) is 0 Å². The third kappa shape index (κ3) is 4.75. The monoisotopic (exact) mass is 354 g/mol. The average Bonchev–Trinajstić information content (AvgIpc) is 2.52. The van der Waals surface area contributed by atoms with Crippen molar-refractivity contribution < 1.29 is 13.3 Å². The smallest absolute Gasteiger partial charge is 0.258 e. The largest absolute Gasteiger partial charge is 0.289 e. The van der Waals surface area contributed by atoms with Crippen molar-refractivity contribution in [2.75, 3.05) is 6.54 Å². The molecule has 0 aliphatic rings. The van der Waals surface area contributed by atoms with Gasteiger partial charge in [-0.1, -0.05) is 41.9 Å². The van der Waals surface area contributed by atoms with E-state index in [9.17, 15) is 18.5 Å². The Balaban J connectivity index is 1.99. The molecule has 2 aromatic carbocycles. The number of aryl methyl sites for hydroxylation is 1. The summed E-state index contributed by atoms with van der Waals surface area (Å²) in [5.41, 5.74) is 0.688. The number of nitrogens with one attached hydrogen (secondary N) is 1. The fourth-order valence-corrected chi connectivity index (χ4v) is 3.31. The number of nitro groups is 1. The highest BCUT2D eigenvalue weighted by Gasteiger charge is 2.20. The van der Waals surface area contributed by atoms with Crippen LogP contribution in [0.25, 0.3) is 0 Å². The zero-order valence-corrected chi connectivity index (χ0v) is 13.7. The Morgan fingerprint density at radius 2 is 1.83 bits per heavy atom. The van der Waals surface area contributed by atoms with E-state index in [1.807, 2.05) is 30.3 Å². The molecule has 0 fully saturated rings. The van der Waals surface area contributed by atoms with Gasteiger partial charge in [0.25, 0.3) is 5.69 Å². The number of sulfonamides is 1. The number of hydrogen-bond acceptors (Lipinski definition) is 4. The van der Waals surface area contributed by atoms with Crippen LogP contribution >= 0.6 is 11.6 Å². The first-order valence-corrected chi connectivity index (χ1v) is 8.74. The van der Waals surface area contributed by atoms with Crippen molar-refractivity contribution in [3.63, 3.8) is 0 Å². The highest BCUT2D eigenvalue weighted by atomic mass is 35.5. The van der Waals surface area contributed by atoms with Gasteiger partial charge in [0.05, 0.1) is 9.82 Å². The van der Waals surface area contributed by atoms with E-state index in [1.54, 1.807) is 0 Å². The van der Waals surface area contributed by atoms with Crippen molar-refractivity contribution in [3.05, 3.63) is 69.2 Å². The lowest BCUT2D eigenvalue weighted by Crippen LogP contribution is -2.25. The van der Waals surface area contributed by atoms with Gasteiger partial charge in [0.2, 0.25) is 10.0 Å². The number of rotatable bonds is 7. The van der Waals surface area contributed by atoms with Gasteiger partial charge < -0.3 is 0 Å². The quantitative estimate of drug-likeness (QED) is 0.470. The minimum atomic E-state index is -3.80. The first-order valence-electron chi connectivity index (χ1n) is 6.88. The van der Waals surface area contributed by atoms with Crippen LogP contribution < -0.4 is 4.72 Å². The van der Waals surface area contributed by atoms with E-state index in [2.05, 4.69) is 4.72 Å². The Morgan fingerprint density at radius 1 is 1.13 bits per heavy atom. The van der Waals surface area contributed by atoms with Gasteiger partial charge in [0.1, 0.15) is 5.02 Å². The molecule has 23 heavy (non-hydrogen) atoms. The molecule has 0 aliphatic heterocycles. The van der Waals surface area contributed by atoms with E-state index in [0.717, 1.165) is 18.1 Å². The van der Waals surface area contributed by atoms with Gasteiger partial charge in [-0.25, -0.2) is 13.1 Å². The molecule has 0 radical (unpaired) electrons. The second-order valence-corrected chi connectivity index (χ2v) is 7.03. The van der Waals surface area contributed by atoms with Crippen LogP contribution in [0.15, 0.2) is 53.4 Å². The van der Waals surface area contributed by atoms with Crippen molar-refractivity contribution in [3.8, 4) is 0 Å². The van der Waals surface area contributed by atoms with Crippen LogP contribution in [-0.2, 0) is 16.4 Å². The van der Waals surface area contributed by atoms with Crippen LogP contribution in [0.2, 0.25) is 5.02 Å². The lowest BCUT2D eigenvalue weighted by Gasteiger charge is -2.07. The normalized spacial score (nSPS) is 11.3. The maximum Gasteiger partial charge on any atom is 0.289 e. The Labute approximate surface area is 139 Å². The number of halogens is 1. The predicted octanol–water partition coefficient (Wildman–Crippen LogP) is 3.16. The number of hydrogen-bond donors (Lipinski definition) is 1. The van der Waals surface area contributed by atoms with E-state index in [4.69, 9.17) is 11.6 Å². The molecule has 0 aliphatic carbocycles. The summed E-state index contributed by atoms with van der Waals surface area (Å²) in [6.07, 6.45) is 1.36. The molecule has 2 rings (SSSR count). The third-order valence-corrected chi connectivity index (χ3v) is 4.98. The van der Waals surface area contributed by atoms with Crippen LogP contribution in [0.4, 0.5) is 5.69 Å². The molecule has 6 nitrogen and oxygen atoms in total. The van der Waals surface area contributed by atoms with Crippen LogP contribution in [0, 0.1) is 10.1 Å². The fraction of sp³-hybridized carbons (Fsp3) is 0.200. The van der Waals surface area contributed by atoms with E-state index in [0.29, 0.717) is 6.42 Å². The first-order chi connectivity index (χ1) is 10.9. The Bertz CT molecular complexity index is 794. The summed E-state index contributed by atoms with van der Waals surface area (Å²) in [6, 6.07) is 13.1. The molecule has 8 heteroatoms. The maximum absolute atomic E-state index is 12.2. The van der Waals surface area contributed by atoms with Gasteiger partial charge in [0.15, 0.2) is 0 Å². The van der Waals surface area contributed by atoms with Gasteiger partial charge in [-0.3, -0.25) is 10.1 Å². The lowest BCUT2D eigenvalue weighted by molar-refractivity contribution is -0.384.